The summed E-state index contributed by atoms with van der Waals surface area (Å²) in [5.41, 5.74) is 2.17. The molecule has 1 amide bonds. The second-order valence-electron chi connectivity index (χ2n) is 7.61. The highest BCUT2D eigenvalue weighted by Gasteiger charge is 2.44. The Morgan fingerprint density at radius 2 is 2.03 bits per heavy atom. The minimum atomic E-state index is -0.385. The maximum atomic E-state index is 13.7. The zero-order chi connectivity index (χ0) is 21.0. The third kappa shape index (κ3) is 2.90. The summed E-state index contributed by atoms with van der Waals surface area (Å²) in [5.74, 6) is 0.676. The summed E-state index contributed by atoms with van der Waals surface area (Å²) in [7, 11) is 0. The van der Waals surface area contributed by atoms with Gasteiger partial charge in [0.15, 0.2) is 11.6 Å². The molecule has 1 fully saturated rings. The minimum absolute atomic E-state index is 0.145. The molecule has 3 aromatic rings. The molecule has 0 aliphatic carbocycles. The SMILES string of the molecule is Cc1cccc(C(=O)N2[C@H]3COC[C@@H]2c2nnc(-c4ccc(F)c(C)n4)n2C3)c1Cl. The van der Waals surface area contributed by atoms with Gasteiger partial charge in [0.25, 0.3) is 5.91 Å². The Kier molecular flexibility index (Phi) is 4.56. The number of halogens is 2. The van der Waals surface area contributed by atoms with E-state index in [2.05, 4.69) is 15.2 Å². The fraction of sp³-hybridized carbons (Fsp3) is 0.333. The van der Waals surface area contributed by atoms with E-state index in [9.17, 15) is 9.18 Å². The fourth-order valence-corrected chi connectivity index (χ4v) is 4.35. The van der Waals surface area contributed by atoms with E-state index in [1.165, 1.54) is 6.07 Å². The zero-order valence-electron chi connectivity index (χ0n) is 16.5. The Hall–Kier alpha value is -2.84. The predicted molar refractivity (Wildman–Crippen MR) is 108 cm³/mol. The first-order chi connectivity index (χ1) is 14.5. The fourth-order valence-electron chi connectivity index (χ4n) is 4.14. The number of ether oxygens (including phenoxy) is 1. The Balaban J connectivity index is 1.56. The van der Waals surface area contributed by atoms with Crippen LogP contribution in [0.2, 0.25) is 5.02 Å². The van der Waals surface area contributed by atoms with Crippen LogP contribution in [0.5, 0.6) is 0 Å². The highest BCUT2D eigenvalue weighted by molar-refractivity contribution is 6.34. The Morgan fingerprint density at radius 3 is 2.83 bits per heavy atom. The summed E-state index contributed by atoms with van der Waals surface area (Å²) in [6, 6.07) is 7.83. The van der Waals surface area contributed by atoms with Gasteiger partial charge in [0.2, 0.25) is 0 Å². The smallest absolute Gasteiger partial charge is 0.256 e. The van der Waals surface area contributed by atoms with E-state index < -0.39 is 0 Å². The molecule has 9 heteroatoms. The van der Waals surface area contributed by atoms with Crippen LogP contribution in [-0.2, 0) is 11.3 Å². The summed E-state index contributed by atoms with van der Waals surface area (Å²) in [6.45, 7) is 4.67. The predicted octanol–water partition coefficient (Wildman–Crippen LogP) is 3.35. The molecule has 4 heterocycles. The first-order valence-corrected chi connectivity index (χ1v) is 10.1. The van der Waals surface area contributed by atoms with E-state index in [-0.39, 0.29) is 23.8 Å². The van der Waals surface area contributed by atoms with Gasteiger partial charge in [-0.2, -0.15) is 0 Å². The molecule has 30 heavy (non-hydrogen) atoms. The molecule has 2 bridgehead atoms. The van der Waals surface area contributed by atoms with Crippen molar-refractivity contribution in [3.05, 3.63) is 63.8 Å². The first kappa shape index (κ1) is 19.1. The molecule has 1 aromatic carbocycles. The van der Waals surface area contributed by atoms with Crippen molar-refractivity contribution in [2.24, 2.45) is 0 Å². The lowest BCUT2D eigenvalue weighted by Gasteiger charge is -2.45. The number of carbonyl (C=O) groups is 1. The van der Waals surface area contributed by atoms with Crippen LogP contribution in [0.1, 0.15) is 33.5 Å². The lowest BCUT2D eigenvalue weighted by molar-refractivity contribution is -0.0569. The van der Waals surface area contributed by atoms with E-state index in [0.717, 1.165) is 5.56 Å². The Labute approximate surface area is 177 Å². The molecule has 0 saturated carbocycles. The molecule has 154 valence electrons. The number of benzene rings is 1. The van der Waals surface area contributed by atoms with E-state index in [4.69, 9.17) is 16.3 Å². The summed E-state index contributed by atoms with van der Waals surface area (Å²) in [6.07, 6.45) is 0. The van der Waals surface area contributed by atoms with Gasteiger partial charge in [-0.15, -0.1) is 10.2 Å². The van der Waals surface area contributed by atoms with Crippen molar-refractivity contribution >= 4 is 17.5 Å². The van der Waals surface area contributed by atoms with Crippen molar-refractivity contribution < 1.29 is 13.9 Å². The van der Waals surface area contributed by atoms with Crippen LogP contribution in [0, 0.1) is 19.7 Å². The van der Waals surface area contributed by atoms with Gasteiger partial charge in [-0.3, -0.25) is 4.79 Å². The van der Waals surface area contributed by atoms with Crippen LogP contribution >= 0.6 is 11.6 Å². The monoisotopic (exact) mass is 427 g/mol. The van der Waals surface area contributed by atoms with Crippen LogP contribution in [0.15, 0.2) is 30.3 Å². The standard InChI is InChI=1S/C21H19ClFN5O2/c1-11-4-3-5-14(18(11)22)21(29)28-13-8-27-19(16-7-6-15(23)12(2)24-16)25-26-20(27)17(28)10-30-9-13/h3-7,13,17H,8-10H2,1-2H3/t13-,17-/m1/s1. The van der Waals surface area contributed by atoms with Crippen molar-refractivity contribution in [2.75, 3.05) is 13.2 Å². The van der Waals surface area contributed by atoms with Gasteiger partial charge in [0.05, 0.1) is 35.5 Å². The van der Waals surface area contributed by atoms with Crippen molar-refractivity contribution in [1.29, 1.82) is 0 Å². The van der Waals surface area contributed by atoms with Gasteiger partial charge in [0.1, 0.15) is 17.6 Å². The number of rotatable bonds is 2. The Bertz CT molecular complexity index is 1160. The molecule has 1 saturated heterocycles. The van der Waals surface area contributed by atoms with Crippen molar-refractivity contribution in [1.82, 2.24) is 24.6 Å². The number of hydrogen-bond donors (Lipinski definition) is 0. The van der Waals surface area contributed by atoms with Gasteiger partial charge in [-0.05, 0) is 37.6 Å². The number of fused-ring (bicyclic) bond motifs is 4. The highest BCUT2D eigenvalue weighted by atomic mass is 35.5. The van der Waals surface area contributed by atoms with Crippen LogP contribution in [0.25, 0.3) is 11.5 Å². The number of morpholine rings is 1. The summed E-state index contributed by atoms with van der Waals surface area (Å²) in [4.78, 5) is 19.5. The topological polar surface area (TPSA) is 73.1 Å². The molecule has 2 atom stereocenters. The molecule has 0 unspecified atom stereocenters. The van der Waals surface area contributed by atoms with Crippen molar-refractivity contribution in [3.63, 3.8) is 0 Å². The number of carbonyl (C=O) groups excluding carboxylic acids is 1. The zero-order valence-corrected chi connectivity index (χ0v) is 17.2. The van der Waals surface area contributed by atoms with Crippen LogP contribution in [0.3, 0.4) is 0 Å². The van der Waals surface area contributed by atoms with Crippen molar-refractivity contribution in [2.45, 2.75) is 32.5 Å². The van der Waals surface area contributed by atoms with Gasteiger partial charge >= 0.3 is 0 Å². The lowest BCUT2D eigenvalue weighted by Crippen LogP contribution is -2.56. The normalized spacial score (nSPS) is 20.2. The Morgan fingerprint density at radius 1 is 1.20 bits per heavy atom. The third-order valence-corrected chi connectivity index (χ3v) is 6.19. The number of aryl methyl sites for hydroxylation is 2. The molecular formula is C21H19ClFN5O2. The molecule has 0 N–H and O–H groups in total. The van der Waals surface area contributed by atoms with Gasteiger partial charge in [-0.25, -0.2) is 9.37 Å². The quantitative estimate of drug-likeness (QED) is 0.627. The van der Waals surface area contributed by atoms with Crippen LogP contribution < -0.4 is 0 Å². The molecule has 5 rings (SSSR count). The van der Waals surface area contributed by atoms with Gasteiger partial charge in [-0.1, -0.05) is 23.7 Å². The van der Waals surface area contributed by atoms with E-state index in [1.54, 1.807) is 24.0 Å². The summed E-state index contributed by atoms with van der Waals surface area (Å²) >= 11 is 6.43. The average molecular weight is 428 g/mol. The second-order valence-corrected chi connectivity index (χ2v) is 7.99. The first-order valence-electron chi connectivity index (χ1n) is 9.68. The number of hydrogen-bond acceptors (Lipinski definition) is 5. The maximum absolute atomic E-state index is 13.7. The number of aromatic nitrogens is 4. The van der Waals surface area contributed by atoms with Crippen molar-refractivity contribution in [3.8, 4) is 11.5 Å². The number of pyridine rings is 1. The average Bonchev–Trinajstić information content (AvgIpc) is 3.14. The van der Waals surface area contributed by atoms with Gasteiger partial charge < -0.3 is 14.2 Å². The molecule has 0 radical (unpaired) electrons. The number of nitrogens with zero attached hydrogens (tertiary/aromatic N) is 5. The molecular weight excluding hydrogens is 409 g/mol. The molecule has 7 nitrogen and oxygen atoms in total. The van der Waals surface area contributed by atoms with Gasteiger partial charge in [0, 0.05) is 6.54 Å². The third-order valence-electron chi connectivity index (χ3n) is 5.69. The molecule has 2 aliphatic heterocycles. The summed E-state index contributed by atoms with van der Waals surface area (Å²) < 4.78 is 21.4. The minimum Gasteiger partial charge on any atom is -0.377 e. The number of amides is 1. The van der Waals surface area contributed by atoms with Crippen LogP contribution in [-0.4, -0.2) is 49.8 Å². The van der Waals surface area contributed by atoms with Crippen LogP contribution in [0.4, 0.5) is 4.39 Å². The second kappa shape index (κ2) is 7.14. The molecule has 0 spiro atoms. The lowest BCUT2D eigenvalue weighted by atomic mass is 10.0. The largest absolute Gasteiger partial charge is 0.377 e. The highest BCUT2D eigenvalue weighted by Crippen LogP contribution is 2.36. The van der Waals surface area contributed by atoms with E-state index in [0.29, 0.717) is 53.4 Å². The van der Waals surface area contributed by atoms with E-state index >= 15 is 0 Å². The maximum Gasteiger partial charge on any atom is 0.256 e. The molecule has 2 aromatic heterocycles. The van der Waals surface area contributed by atoms with E-state index in [1.807, 2.05) is 23.6 Å². The summed E-state index contributed by atoms with van der Waals surface area (Å²) in [5, 5.41) is 9.11. The molecule has 2 aliphatic rings.